The van der Waals surface area contributed by atoms with Gasteiger partial charge in [-0.25, -0.2) is 0 Å². The molecule has 0 saturated heterocycles. The molecule has 0 aliphatic heterocycles. The highest BCUT2D eigenvalue weighted by molar-refractivity contribution is 6.32. The number of aromatic hydroxyl groups is 1. The number of carbonyl (C=O) groups excluding carboxylic acids is 1. The molecular formula is C19H17ClN2O4. The number of benzene rings is 2. The zero-order chi connectivity index (χ0) is 19.1. The molecule has 0 aromatic heterocycles. The van der Waals surface area contributed by atoms with Crippen molar-refractivity contribution in [3.05, 3.63) is 52.6 Å². The summed E-state index contributed by atoms with van der Waals surface area (Å²) >= 11 is 5.92. The van der Waals surface area contributed by atoms with Crippen molar-refractivity contribution in [2.45, 2.75) is 6.92 Å². The van der Waals surface area contributed by atoms with E-state index in [1.807, 2.05) is 13.0 Å². The topological polar surface area (TPSA) is 91.6 Å². The van der Waals surface area contributed by atoms with Crippen LogP contribution in [0, 0.1) is 11.3 Å². The minimum Gasteiger partial charge on any atom is -0.503 e. The first kappa shape index (κ1) is 19.2. The first-order valence-corrected chi connectivity index (χ1v) is 8.08. The molecule has 0 saturated carbocycles. The van der Waals surface area contributed by atoms with Gasteiger partial charge in [0, 0.05) is 11.8 Å². The van der Waals surface area contributed by atoms with Crippen LogP contribution in [0.15, 0.2) is 42.0 Å². The van der Waals surface area contributed by atoms with Crippen LogP contribution in [0.3, 0.4) is 0 Å². The van der Waals surface area contributed by atoms with Gasteiger partial charge >= 0.3 is 0 Å². The number of halogens is 1. The average Bonchev–Trinajstić information content (AvgIpc) is 2.62. The fourth-order valence-electron chi connectivity index (χ4n) is 2.18. The molecule has 26 heavy (non-hydrogen) atoms. The number of hydrogen-bond acceptors (Lipinski definition) is 5. The Morgan fingerprint density at radius 1 is 1.38 bits per heavy atom. The summed E-state index contributed by atoms with van der Waals surface area (Å²) in [5.41, 5.74) is 0.818. The number of nitrogens with one attached hydrogen (secondary N) is 1. The number of hydrogen-bond donors (Lipinski definition) is 2. The molecule has 0 fully saturated rings. The van der Waals surface area contributed by atoms with E-state index in [9.17, 15) is 15.2 Å². The standard InChI is InChI=1S/C19H17ClN2O4/c1-3-26-15-6-4-5-14(10-15)22-19(24)13(11-21)7-12-8-16(20)18(23)17(9-12)25-2/h4-10,23H,3H2,1-2H3,(H,22,24)/b13-7+. The SMILES string of the molecule is CCOc1cccc(NC(=O)/C(C#N)=C/c2cc(Cl)c(O)c(OC)c2)c1. The van der Waals surface area contributed by atoms with Crippen LogP contribution in [0.2, 0.25) is 5.02 Å². The van der Waals surface area contributed by atoms with E-state index in [0.717, 1.165) is 0 Å². The molecule has 0 spiro atoms. The van der Waals surface area contributed by atoms with Gasteiger partial charge in [0.1, 0.15) is 17.4 Å². The van der Waals surface area contributed by atoms with Gasteiger partial charge in [0.2, 0.25) is 0 Å². The lowest BCUT2D eigenvalue weighted by Gasteiger charge is -2.08. The van der Waals surface area contributed by atoms with E-state index in [0.29, 0.717) is 23.6 Å². The molecule has 6 nitrogen and oxygen atoms in total. The van der Waals surface area contributed by atoms with E-state index in [-0.39, 0.29) is 22.1 Å². The largest absolute Gasteiger partial charge is 0.503 e. The number of nitrogens with zero attached hydrogens (tertiary/aromatic N) is 1. The third kappa shape index (κ3) is 4.68. The van der Waals surface area contributed by atoms with Crippen molar-refractivity contribution < 1.29 is 19.4 Å². The first-order valence-electron chi connectivity index (χ1n) is 7.71. The Bertz CT molecular complexity index is 888. The van der Waals surface area contributed by atoms with E-state index < -0.39 is 5.91 Å². The zero-order valence-electron chi connectivity index (χ0n) is 14.2. The van der Waals surface area contributed by atoms with Crippen LogP contribution < -0.4 is 14.8 Å². The van der Waals surface area contributed by atoms with Gasteiger partial charge in [0.25, 0.3) is 5.91 Å². The third-order valence-corrected chi connectivity index (χ3v) is 3.64. The van der Waals surface area contributed by atoms with Crippen LogP contribution in [0.5, 0.6) is 17.2 Å². The summed E-state index contributed by atoms with van der Waals surface area (Å²) in [7, 11) is 1.38. The molecule has 134 valence electrons. The number of nitriles is 1. The van der Waals surface area contributed by atoms with Crippen molar-refractivity contribution >= 4 is 29.3 Å². The Balaban J connectivity index is 2.26. The quantitative estimate of drug-likeness (QED) is 0.590. The lowest BCUT2D eigenvalue weighted by molar-refractivity contribution is -0.112. The van der Waals surface area contributed by atoms with Crippen molar-refractivity contribution in [1.29, 1.82) is 5.26 Å². The van der Waals surface area contributed by atoms with Crippen LogP contribution in [0.1, 0.15) is 12.5 Å². The molecule has 0 aliphatic rings. The van der Waals surface area contributed by atoms with Crippen molar-refractivity contribution in [2.24, 2.45) is 0 Å². The van der Waals surface area contributed by atoms with Crippen molar-refractivity contribution in [2.75, 3.05) is 19.0 Å². The van der Waals surface area contributed by atoms with Crippen molar-refractivity contribution in [1.82, 2.24) is 0 Å². The van der Waals surface area contributed by atoms with E-state index in [1.165, 1.54) is 25.3 Å². The predicted molar refractivity (Wildman–Crippen MR) is 99.5 cm³/mol. The summed E-state index contributed by atoms with van der Waals surface area (Å²) in [5.74, 6) is -0.0277. The second-order valence-electron chi connectivity index (χ2n) is 5.14. The first-order chi connectivity index (χ1) is 12.5. The molecular weight excluding hydrogens is 356 g/mol. The summed E-state index contributed by atoms with van der Waals surface area (Å²) < 4.78 is 10.4. The van der Waals surface area contributed by atoms with Gasteiger partial charge in [0.05, 0.1) is 18.7 Å². The second-order valence-corrected chi connectivity index (χ2v) is 5.55. The number of phenols is 1. The third-order valence-electron chi connectivity index (χ3n) is 3.35. The number of amides is 1. The molecule has 0 heterocycles. The molecule has 2 aromatic carbocycles. The molecule has 0 unspecified atom stereocenters. The van der Waals surface area contributed by atoms with Crippen LogP contribution in [-0.4, -0.2) is 24.7 Å². The van der Waals surface area contributed by atoms with Crippen LogP contribution >= 0.6 is 11.6 Å². The molecule has 0 radical (unpaired) electrons. The Morgan fingerprint density at radius 2 is 2.15 bits per heavy atom. The van der Waals surface area contributed by atoms with Gasteiger partial charge in [-0.1, -0.05) is 17.7 Å². The van der Waals surface area contributed by atoms with Crippen LogP contribution in [0.25, 0.3) is 6.08 Å². The monoisotopic (exact) mass is 372 g/mol. The minimum atomic E-state index is -0.579. The van der Waals surface area contributed by atoms with E-state index in [2.05, 4.69) is 5.32 Å². The Morgan fingerprint density at radius 3 is 2.81 bits per heavy atom. The number of ether oxygens (including phenoxy) is 2. The summed E-state index contributed by atoms with van der Waals surface area (Å²) in [5, 5.41) is 21.8. The fourth-order valence-corrected chi connectivity index (χ4v) is 2.40. The van der Waals surface area contributed by atoms with Crippen LogP contribution in [-0.2, 0) is 4.79 Å². The maximum atomic E-state index is 12.4. The molecule has 7 heteroatoms. The van der Waals surface area contributed by atoms with Gasteiger partial charge in [0.15, 0.2) is 11.5 Å². The maximum Gasteiger partial charge on any atom is 0.266 e. The van der Waals surface area contributed by atoms with Crippen molar-refractivity contribution in [3.63, 3.8) is 0 Å². The number of methoxy groups -OCH3 is 1. The smallest absolute Gasteiger partial charge is 0.266 e. The lowest BCUT2D eigenvalue weighted by atomic mass is 10.1. The highest BCUT2D eigenvalue weighted by Crippen LogP contribution is 2.35. The number of carbonyl (C=O) groups is 1. The zero-order valence-corrected chi connectivity index (χ0v) is 15.0. The summed E-state index contributed by atoms with van der Waals surface area (Å²) in [4.78, 5) is 12.4. The molecule has 2 rings (SSSR count). The Labute approximate surface area is 156 Å². The normalized spacial score (nSPS) is 10.8. The molecule has 0 bridgehead atoms. The van der Waals surface area contributed by atoms with Gasteiger partial charge in [-0.3, -0.25) is 4.79 Å². The predicted octanol–water partition coefficient (Wildman–Crippen LogP) is 4.00. The fraction of sp³-hybridized carbons (Fsp3) is 0.158. The highest BCUT2D eigenvalue weighted by Gasteiger charge is 2.13. The minimum absolute atomic E-state index is 0.0534. The summed E-state index contributed by atoms with van der Waals surface area (Å²) in [6.45, 7) is 2.36. The number of rotatable bonds is 6. The van der Waals surface area contributed by atoms with Gasteiger partial charge < -0.3 is 19.9 Å². The highest BCUT2D eigenvalue weighted by atomic mass is 35.5. The number of phenolic OH excluding ortho intramolecular Hbond substituents is 1. The van der Waals surface area contributed by atoms with Crippen LogP contribution in [0.4, 0.5) is 5.69 Å². The van der Waals surface area contributed by atoms with Crippen molar-refractivity contribution in [3.8, 4) is 23.3 Å². The summed E-state index contributed by atoms with van der Waals surface area (Å²) in [6, 6.07) is 11.6. The molecule has 1 amide bonds. The Kier molecular flexibility index (Phi) is 6.48. The lowest BCUT2D eigenvalue weighted by Crippen LogP contribution is -2.13. The molecule has 2 N–H and O–H groups in total. The van der Waals surface area contributed by atoms with Gasteiger partial charge in [-0.15, -0.1) is 0 Å². The van der Waals surface area contributed by atoms with Gasteiger partial charge in [-0.05, 0) is 42.8 Å². The van der Waals surface area contributed by atoms with Gasteiger partial charge in [-0.2, -0.15) is 5.26 Å². The molecule has 0 aliphatic carbocycles. The molecule has 0 atom stereocenters. The second kappa shape index (κ2) is 8.79. The van der Waals surface area contributed by atoms with E-state index in [4.69, 9.17) is 21.1 Å². The van der Waals surface area contributed by atoms with E-state index >= 15 is 0 Å². The molecule has 2 aromatic rings. The van der Waals surface area contributed by atoms with E-state index in [1.54, 1.807) is 24.3 Å². The summed E-state index contributed by atoms with van der Waals surface area (Å²) in [6.07, 6.45) is 1.36. The number of anilines is 1. The Hall–Kier alpha value is -3.17. The average molecular weight is 373 g/mol. The maximum absolute atomic E-state index is 12.4.